The number of rotatable bonds is 6. The van der Waals surface area contributed by atoms with Gasteiger partial charge in [-0.25, -0.2) is 4.79 Å². The van der Waals surface area contributed by atoms with Gasteiger partial charge < -0.3 is 15.3 Å². The summed E-state index contributed by atoms with van der Waals surface area (Å²) >= 11 is 0. The van der Waals surface area contributed by atoms with E-state index in [9.17, 15) is 9.90 Å². The Bertz CT molecular complexity index is 692. The lowest BCUT2D eigenvalue weighted by atomic mass is 10.0. The van der Waals surface area contributed by atoms with Crippen LogP contribution in [0.4, 0.5) is 4.79 Å². The maximum Gasteiger partial charge on any atom is 0.318 e. The molecule has 0 spiro atoms. The smallest absolute Gasteiger partial charge is 0.318 e. The average Bonchev–Trinajstić information content (AvgIpc) is 3.21. The Kier molecular flexibility index (Phi) is 5.38. The minimum absolute atomic E-state index is 0.159. The van der Waals surface area contributed by atoms with Crippen LogP contribution in [0.2, 0.25) is 0 Å². The van der Waals surface area contributed by atoms with E-state index in [-0.39, 0.29) is 6.03 Å². The van der Waals surface area contributed by atoms with Gasteiger partial charge in [0, 0.05) is 31.9 Å². The van der Waals surface area contributed by atoms with Crippen LogP contribution in [0.1, 0.15) is 36.8 Å². The van der Waals surface area contributed by atoms with E-state index in [1.807, 2.05) is 43.6 Å². The number of carbonyl (C=O) groups excluding carboxylic acids is 1. The van der Waals surface area contributed by atoms with Crippen molar-refractivity contribution in [3.63, 3.8) is 0 Å². The minimum Gasteiger partial charge on any atom is -0.388 e. The van der Waals surface area contributed by atoms with Gasteiger partial charge in [0.2, 0.25) is 0 Å². The number of amides is 2. The monoisotopic (exact) mass is 342 g/mol. The number of hydrogen-bond acceptors (Lipinski definition) is 3. The molecule has 1 aliphatic carbocycles. The Balaban J connectivity index is 1.66. The zero-order valence-electron chi connectivity index (χ0n) is 14.7. The summed E-state index contributed by atoms with van der Waals surface area (Å²) in [6.45, 7) is 1.28. The first-order valence-electron chi connectivity index (χ1n) is 8.81. The first-order valence-corrected chi connectivity index (χ1v) is 8.81. The fourth-order valence-corrected chi connectivity index (χ4v) is 3.40. The van der Waals surface area contributed by atoms with Crippen molar-refractivity contribution in [2.75, 3.05) is 6.54 Å². The van der Waals surface area contributed by atoms with Gasteiger partial charge in [0.1, 0.15) is 0 Å². The summed E-state index contributed by atoms with van der Waals surface area (Å²) in [4.78, 5) is 14.5. The van der Waals surface area contributed by atoms with Crippen molar-refractivity contribution < 1.29 is 9.90 Å². The average molecular weight is 342 g/mol. The molecule has 0 saturated heterocycles. The molecule has 2 aromatic rings. The number of benzene rings is 1. The summed E-state index contributed by atoms with van der Waals surface area (Å²) < 4.78 is 1.71. The summed E-state index contributed by atoms with van der Waals surface area (Å²) in [5.74, 6) is 0. The fraction of sp³-hybridized carbons (Fsp3) is 0.474. The van der Waals surface area contributed by atoms with Crippen LogP contribution in [0.25, 0.3) is 0 Å². The van der Waals surface area contributed by atoms with Crippen molar-refractivity contribution in [1.82, 2.24) is 20.0 Å². The molecule has 1 aromatic carbocycles. The molecular formula is C19H26N4O2. The number of urea groups is 1. The highest BCUT2D eigenvalue weighted by Crippen LogP contribution is 2.30. The molecular weight excluding hydrogens is 316 g/mol. The molecule has 1 aliphatic rings. The van der Waals surface area contributed by atoms with Crippen molar-refractivity contribution in [1.29, 1.82) is 0 Å². The van der Waals surface area contributed by atoms with Gasteiger partial charge in [-0.15, -0.1) is 0 Å². The molecule has 6 nitrogen and oxygen atoms in total. The normalized spacial score (nSPS) is 15.9. The highest BCUT2D eigenvalue weighted by atomic mass is 16.3. The maximum atomic E-state index is 12.7. The largest absolute Gasteiger partial charge is 0.388 e. The molecule has 2 N–H and O–H groups in total. The van der Waals surface area contributed by atoms with Crippen LogP contribution in [0, 0.1) is 0 Å². The molecule has 0 radical (unpaired) electrons. The van der Waals surface area contributed by atoms with Gasteiger partial charge in [-0.05, 0) is 18.4 Å². The fourth-order valence-electron chi connectivity index (χ4n) is 3.40. The summed E-state index contributed by atoms with van der Waals surface area (Å²) in [7, 11) is 1.85. The number of aliphatic hydroxyl groups is 1. The number of nitrogens with one attached hydrogen (secondary N) is 1. The summed E-state index contributed by atoms with van der Waals surface area (Å²) in [6, 6.07) is 9.73. The van der Waals surface area contributed by atoms with Crippen LogP contribution in [-0.4, -0.2) is 38.0 Å². The Hall–Kier alpha value is -2.34. The van der Waals surface area contributed by atoms with Gasteiger partial charge in [-0.3, -0.25) is 4.68 Å². The summed E-state index contributed by atoms with van der Waals surface area (Å²) in [6.07, 6.45) is 7.18. The molecule has 1 fully saturated rings. The number of hydrogen-bond donors (Lipinski definition) is 2. The Morgan fingerprint density at radius 1 is 1.28 bits per heavy atom. The molecule has 0 bridgehead atoms. The molecule has 1 aromatic heterocycles. The molecule has 1 saturated carbocycles. The SMILES string of the molecule is Cn1cc(CNC(=O)N(Cc2ccccc2)CC2(O)CCCC2)cn1. The predicted octanol–water partition coefficient (Wildman–Crippen LogP) is 2.44. The van der Waals surface area contributed by atoms with Crippen molar-refractivity contribution in [2.24, 2.45) is 7.05 Å². The van der Waals surface area contributed by atoms with Crippen LogP contribution in [-0.2, 0) is 20.1 Å². The third-order valence-corrected chi connectivity index (χ3v) is 4.73. The van der Waals surface area contributed by atoms with E-state index < -0.39 is 5.60 Å². The van der Waals surface area contributed by atoms with Crippen molar-refractivity contribution in [3.8, 4) is 0 Å². The second kappa shape index (κ2) is 7.70. The standard InChI is InChI=1S/C19H26N4O2/c1-22-13-17(12-21-22)11-20-18(24)23(14-16-7-3-2-4-8-16)15-19(25)9-5-6-10-19/h2-4,7-8,12-13,25H,5-6,9-11,14-15H2,1H3,(H,20,24). The topological polar surface area (TPSA) is 70.4 Å². The zero-order valence-corrected chi connectivity index (χ0v) is 14.7. The molecule has 0 unspecified atom stereocenters. The van der Waals surface area contributed by atoms with Crippen LogP contribution in [0.5, 0.6) is 0 Å². The van der Waals surface area contributed by atoms with Crippen molar-refractivity contribution >= 4 is 6.03 Å². The third-order valence-electron chi connectivity index (χ3n) is 4.73. The predicted molar refractivity (Wildman–Crippen MR) is 95.7 cm³/mol. The van der Waals surface area contributed by atoms with E-state index in [0.717, 1.165) is 36.8 Å². The second-order valence-corrected chi connectivity index (χ2v) is 6.95. The number of aryl methyl sites for hydroxylation is 1. The zero-order chi connectivity index (χ0) is 17.7. The molecule has 6 heteroatoms. The summed E-state index contributed by atoms with van der Waals surface area (Å²) in [5.41, 5.74) is 1.25. The van der Waals surface area contributed by atoms with Crippen LogP contribution in [0.15, 0.2) is 42.7 Å². The lowest BCUT2D eigenvalue weighted by Gasteiger charge is -2.31. The quantitative estimate of drug-likeness (QED) is 0.847. The third kappa shape index (κ3) is 4.82. The first-order chi connectivity index (χ1) is 12.0. The first kappa shape index (κ1) is 17.5. The molecule has 1 heterocycles. The Morgan fingerprint density at radius 2 is 2.00 bits per heavy atom. The molecule has 3 rings (SSSR count). The highest BCUT2D eigenvalue weighted by Gasteiger charge is 2.34. The number of carbonyl (C=O) groups is 1. The van der Waals surface area contributed by atoms with Gasteiger partial charge in [0.15, 0.2) is 0 Å². The van der Waals surface area contributed by atoms with E-state index in [2.05, 4.69) is 10.4 Å². The van der Waals surface area contributed by atoms with Gasteiger partial charge >= 0.3 is 6.03 Å². The second-order valence-electron chi connectivity index (χ2n) is 6.95. The van der Waals surface area contributed by atoms with E-state index >= 15 is 0 Å². The van der Waals surface area contributed by atoms with Gasteiger partial charge in [0.25, 0.3) is 0 Å². The Labute approximate surface area is 148 Å². The van der Waals surface area contributed by atoms with E-state index in [1.54, 1.807) is 15.8 Å². The van der Waals surface area contributed by atoms with Gasteiger partial charge in [-0.1, -0.05) is 43.2 Å². The van der Waals surface area contributed by atoms with Crippen molar-refractivity contribution in [3.05, 3.63) is 53.9 Å². The molecule has 0 aliphatic heterocycles. The van der Waals surface area contributed by atoms with Gasteiger partial charge in [-0.2, -0.15) is 5.10 Å². The summed E-state index contributed by atoms with van der Waals surface area (Å²) in [5, 5.41) is 17.8. The van der Waals surface area contributed by atoms with E-state index in [1.165, 1.54) is 0 Å². The lowest BCUT2D eigenvalue weighted by Crippen LogP contribution is -2.47. The highest BCUT2D eigenvalue weighted by molar-refractivity contribution is 5.74. The van der Waals surface area contributed by atoms with E-state index in [4.69, 9.17) is 0 Å². The van der Waals surface area contributed by atoms with Crippen molar-refractivity contribution in [2.45, 2.75) is 44.4 Å². The van der Waals surface area contributed by atoms with Crippen LogP contribution < -0.4 is 5.32 Å². The van der Waals surface area contributed by atoms with Crippen LogP contribution >= 0.6 is 0 Å². The molecule has 2 amide bonds. The minimum atomic E-state index is -0.763. The van der Waals surface area contributed by atoms with Gasteiger partial charge in [0.05, 0.1) is 18.3 Å². The lowest BCUT2D eigenvalue weighted by molar-refractivity contribution is 0.0175. The van der Waals surface area contributed by atoms with Crippen LogP contribution in [0.3, 0.4) is 0 Å². The molecule has 0 atom stereocenters. The molecule has 25 heavy (non-hydrogen) atoms. The maximum absolute atomic E-state index is 12.7. The number of nitrogens with zero attached hydrogens (tertiary/aromatic N) is 3. The van der Waals surface area contributed by atoms with E-state index in [0.29, 0.717) is 19.6 Å². The Morgan fingerprint density at radius 3 is 2.64 bits per heavy atom. The number of aromatic nitrogens is 2. The molecule has 134 valence electrons.